The average Bonchev–Trinajstić information content (AvgIpc) is 2.87. The van der Waals surface area contributed by atoms with Crippen LogP contribution in [0, 0.1) is 11.3 Å². The molecule has 2 aromatic rings. The molecule has 5 heteroatoms. The van der Waals surface area contributed by atoms with Crippen LogP contribution in [0.4, 0.5) is 5.00 Å². The quantitative estimate of drug-likeness (QED) is 0.756. The van der Waals surface area contributed by atoms with Gasteiger partial charge in [-0.25, -0.2) is 0 Å². The van der Waals surface area contributed by atoms with Gasteiger partial charge in [0.05, 0.1) is 18.5 Å². The van der Waals surface area contributed by atoms with E-state index in [1.165, 1.54) is 53.7 Å². The van der Waals surface area contributed by atoms with Gasteiger partial charge in [0.1, 0.15) is 17.1 Å². The standard InChI is InChI=1S/C23H27N3OS/c24-15-19-18-10-2-1-3-12-21(18)28-23(19)26-22(27)13-14-25-20-11-6-8-16-7-4-5-9-17(16)20/h4-5,7,9,20,25H,1-3,6,8,10-14H2,(H,26,27)/p+1/t20-/m1/s1. The van der Waals surface area contributed by atoms with Crippen molar-refractivity contribution in [2.75, 3.05) is 11.9 Å². The van der Waals surface area contributed by atoms with Gasteiger partial charge < -0.3 is 10.6 Å². The average molecular weight is 395 g/mol. The maximum absolute atomic E-state index is 12.5. The molecule has 1 heterocycles. The lowest BCUT2D eigenvalue weighted by Gasteiger charge is -2.23. The molecule has 1 aromatic heterocycles. The predicted octanol–water partition coefficient (Wildman–Crippen LogP) is 3.86. The van der Waals surface area contributed by atoms with Crippen LogP contribution in [-0.2, 0) is 24.1 Å². The molecule has 1 atom stereocenters. The second-order valence-corrected chi connectivity index (χ2v) is 9.01. The summed E-state index contributed by atoms with van der Waals surface area (Å²) in [5.74, 6) is 0.0215. The fourth-order valence-electron chi connectivity index (χ4n) is 4.59. The highest BCUT2D eigenvalue weighted by Gasteiger charge is 2.23. The number of quaternary nitrogens is 1. The van der Waals surface area contributed by atoms with Crippen LogP contribution >= 0.6 is 11.3 Å². The molecule has 0 saturated heterocycles. The molecule has 0 bridgehead atoms. The summed E-state index contributed by atoms with van der Waals surface area (Å²) in [6, 6.07) is 11.5. The number of nitrogens with one attached hydrogen (secondary N) is 1. The Morgan fingerprint density at radius 3 is 2.93 bits per heavy atom. The van der Waals surface area contributed by atoms with Crippen LogP contribution in [0.1, 0.15) is 71.7 Å². The van der Waals surface area contributed by atoms with Crippen molar-refractivity contribution >= 4 is 22.2 Å². The molecule has 1 aromatic carbocycles. The molecule has 0 unspecified atom stereocenters. The van der Waals surface area contributed by atoms with E-state index in [0.29, 0.717) is 18.0 Å². The third kappa shape index (κ3) is 4.14. The van der Waals surface area contributed by atoms with E-state index in [9.17, 15) is 10.1 Å². The fourth-order valence-corrected chi connectivity index (χ4v) is 5.85. The van der Waals surface area contributed by atoms with Crippen LogP contribution in [-0.4, -0.2) is 12.5 Å². The highest BCUT2D eigenvalue weighted by Crippen LogP contribution is 2.37. The second-order valence-electron chi connectivity index (χ2n) is 7.90. The molecule has 1 amide bonds. The minimum atomic E-state index is 0.0215. The van der Waals surface area contributed by atoms with Gasteiger partial charge in [-0.3, -0.25) is 4.79 Å². The van der Waals surface area contributed by atoms with E-state index in [0.717, 1.165) is 30.8 Å². The first kappa shape index (κ1) is 19.2. The third-order valence-corrected chi connectivity index (χ3v) is 7.23. The van der Waals surface area contributed by atoms with Crippen molar-refractivity contribution < 1.29 is 10.1 Å². The van der Waals surface area contributed by atoms with Crippen molar-refractivity contribution in [2.45, 2.75) is 63.8 Å². The second kappa shape index (κ2) is 8.89. The summed E-state index contributed by atoms with van der Waals surface area (Å²) < 4.78 is 0. The maximum atomic E-state index is 12.5. The molecule has 2 aliphatic rings. The zero-order valence-corrected chi connectivity index (χ0v) is 17.1. The molecular weight excluding hydrogens is 366 g/mol. The Kier molecular flexibility index (Phi) is 6.09. The number of hydrogen-bond acceptors (Lipinski definition) is 3. The number of nitrogens with two attached hydrogens (primary N) is 1. The van der Waals surface area contributed by atoms with Gasteiger partial charge in [0.15, 0.2) is 0 Å². The summed E-state index contributed by atoms with van der Waals surface area (Å²) in [7, 11) is 0. The van der Waals surface area contributed by atoms with Crippen molar-refractivity contribution in [1.82, 2.24) is 0 Å². The number of nitriles is 1. The maximum Gasteiger partial charge on any atom is 0.230 e. The van der Waals surface area contributed by atoms with E-state index in [1.807, 2.05) is 0 Å². The van der Waals surface area contributed by atoms with Crippen LogP contribution in [0.15, 0.2) is 24.3 Å². The molecule has 0 spiro atoms. The molecular formula is C23H28N3OS+. The number of fused-ring (bicyclic) bond motifs is 2. The summed E-state index contributed by atoms with van der Waals surface area (Å²) in [6.07, 6.45) is 9.61. The van der Waals surface area contributed by atoms with Gasteiger partial charge in [0.25, 0.3) is 0 Å². The van der Waals surface area contributed by atoms with Gasteiger partial charge in [-0.2, -0.15) is 5.26 Å². The lowest BCUT2D eigenvalue weighted by atomic mass is 9.88. The number of hydrogen-bond donors (Lipinski definition) is 2. The van der Waals surface area contributed by atoms with E-state index in [4.69, 9.17) is 0 Å². The summed E-state index contributed by atoms with van der Waals surface area (Å²) in [5.41, 5.74) is 4.78. The van der Waals surface area contributed by atoms with Gasteiger partial charge in [-0.05, 0) is 49.7 Å². The molecule has 2 aliphatic carbocycles. The van der Waals surface area contributed by atoms with Gasteiger partial charge >= 0.3 is 0 Å². The predicted molar refractivity (Wildman–Crippen MR) is 112 cm³/mol. The molecule has 0 fully saturated rings. The van der Waals surface area contributed by atoms with E-state index >= 15 is 0 Å². The molecule has 0 aliphatic heterocycles. The summed E-state index contributed by atoms with van der Waals surface area (Å²) >= 11 is 1.62. The molecule has 0 saturated carbocycles. The topological polar surface area (TPSA) is 69.5 Å². The number of carbonyl (C=O) groups is 1. The first-order valence-corrected chi connectivity index (χ1v) is 11.3. The van der Waals surface area contributed by atoms with Crippen molar-refractivity contribution in [3.8, 4) is 6.07 Å². The van der Waals surface area contributed by atoms with Gasteiger partial charge in [0.2, 0.25) is 5.91 Å². The van der Waals surface area contributed by atoms with Crippen LogP contribution in [0.5, 0.6) is 0 Å². The van der Waals surface area contributed by atoms with E-state index in [1.54, 1.807) is 11.3 Å². The minimum Gasteiger partial charge on any atom is -0.340 e. The van der Waals surface area contributed by atoms with Crippen LogP contribution in [0.2, 0.25) is 0 Å². The Hall–Kier alpha value is -2.16. The van der Waals surface area contributed by atoms with Gasteiger partial charge in [0, 0.05) is 16.9 Å². The Balaban J connectivity index is 1.34. The third-order valence-electron chi connectivity index (χ3n) is 6.02. The zero-order chi connectivity index (χ0) is 19.3. The number of carbonyl (C=O) groups excluding carboxylic acids is 1. The molecule has 0 radical (unpaired) electrons. The van der Waals surface area contributed by atoms with Crippen LogP contribution in [0.3, 0.4) is 0 Å². The van der Waals surface area contributed by atoms with Gasteiger partial charge in [-0.15, -0.1) is 11.3 Å². The highest BCUT2D eigenvalue weighted by atomic mass is 32.1. The van der Waals surface area contributed by atoms with Crippen LogP contribution < -0.4 is 10.6 Å². The smallest absolute Gasteiger partial charge is 0.230 e. The normalized spacial score (nSPS) is 18.5. The zero-order valence-electron chi connectivity index (χ0n) is 16.3. The largest absolute Gasteiger partial charge is 0.340 e. The summed E-state index contributed by atoms with van der Waals surface area (Å²) in [5, 5.41) is 15.7. The van der Waals surface area contributed by atoms with Crippen molar-refractivity contribution in [3.63, 3.8) is 0 Å². The van der Waals surface area contributed by atoms with E-state index in [2.05, 4.69) is 41.0 Å². The van der Waals surface area contributed by atoms with E-state index < -0.39 is 0 Å². The number of nitrogens with zero attached hydrogens (tertiary/aromatic N) is 1. The fraction of sp³-hybridized carbons (Fsp3) is 0.478. The van der Waals surface area contributed by atoms with Crippen LogP contribution in [0.25, 0.3) is 0 Å². The Morgan fingerprint density at radius 1 is 1.18 bits per heavy atom. The van der Waals surface area contributed by atoms with Gasteiger partial charge in [-0.1, -0.05) is 30.7 Å². The lowest BCUT2D eigenvalue weighted by molar-refractivity contribution is -0.696. The summed E-state index contributed by atoms with van der Waals surface area (Å²) in [6.45, 7) is 0.776. The number of aryl methyl sites for hydroxylation is 2. The molecule has 3 N–H and O–H groups in total. The monoisotopic (exact) mass is 394 g/mol. The minimum absolute atomic E-state index is 0.0215. The molecule has 4 nitrogen and oxygen atoms in total. The number of benzene rings is 1. The van der Waals surface area contributed by atoms with E-state index in [-0.39, 0.29) is 5.91 Å². The lowest BCUT2D eigenvalue weighted by Crippen LogP contribution is -2.85. The summed E-state index contributed by atoms with van der Waals surface area (Å²) in [4.78, 5) is 13.8. The number of thiophene rings is 1. The highest BCUT2D eigenvalue weighted by molar-refractivity contribution is 7.16. The molecule has 4 rings (SSSR count). The van der Waals surface area contributed by atoms with Crippen molar-refractivity contribution in [3.05, 3.63) is 51.4 Å². The number of amides is 1. The Morgan fingerprint density at radius 2 is 2.04 bits per heavy atom. The van der Waals surface area contributed by atoms with Crippen molar-refractivity contribution in [2.24, 2.45) is 0 Å². The molecule has 146 valence electrons. The molecule has 28 heavy (non-hydrogen) atoms. The SMILES string of the molecule is N#Cc1c(NC(=O)CC[NH2+][C@@H]2CCCc3ccccc32)sc2c1CCCCC2. The first-order chi connectivity index (χ1) is 13.8. The Labute approximate surface area is 171 Å². The number of rotatable bonds is 5. The number of anilines is 1. The first-order valence-electron chi connectivity index (χ1n) is 10.5. The Bertz CT molecular complexity index is 896. The van der Waals surface area contributed by atoms with Crippen molar-refractivity contribution in [1.29, 1.82) is 5.26 Å².